The number of carbonyl (C=O) groups is 1. The number of anilines is 2. The van der Waals surface area contributed by atoms with Crippen molar-refractivity contribution < 1.29 is 4.79 Å². The molecule has 0 atom stereocenters. The molecule has 0 spiro atoms. The Hall–Kier alpha value is -1.79. The van der Waals surface area contributed by atoms with Gasteiger partial charge in [-0.3, -0.25) is 9.59 Å². The van der Waals surface area contributed by atoms with Crippen molar-refractivity contribution in [3.8, 4) is 0 Å². The van der Waals surface area contributed by atoms with Gasteiger partial charge >= 0.3 is 0 Å². The number of hydrogen-bond acceptors (Lipinski definition) is 3. The highest BCUT2D eigenvalue weighted by Crippen LogP contribution is 2.22. The summed E-state index contributed by atoms with van der Waals surface area (Å²) in [6, 6.07) is 7.78. The van der Waals surface area contributed by atoms with Gasteiger partial charge in [0.05, 0.1) is 11.4 Å². The van der Waals surface area contributed by atoms with E-state index in [4.69, 9.17) is 17.3 Å². The Balaban J connectivity index is 2.13. The number of carbonyl (C=O) groups excluding carboxylic acids is 1. The number of benzene rings is 1. The highest BCUT2D eigenvalue weighted by Gasteiger charge is 2.08. The number of nitrogens with zero attached hydrogens (tertiary/aromatic N) is 1. The van der Waals surface area contributed by atoms with Crippen LogP contribution in [0.1, 0.15) is 0 Å². The summed E-state index contributed by atoms with van der Waals surface area (Å²) in [5.41, 5.74) is 6.31. The first-order valence-corrected chi connectivity index (χ1v) is 6.83. The summed E-state index contributed by atoms with van der Waals surface area (Å²) in [5, 5.41) is 3.12. The maximum Gasteiger partial charge on any atom is 0.251 e. The molecule has 2 aromatic rings. The van der Waals surface area contributed by atoms with Gasteiger partial charge in [0.1, 0.15) is 6.54 Å². The van der Waals surface area contributed by atoms with E-state index in [9.17, 15) is 9.59 Å². The minimum Gasteiger partial charge on any atom is -0.397 e. The normalized spacial score (nSPS) is 10.3. The van der Waals surface area contributed by atoms with Crippen LogP contribution in [0.5, 0.6) is 0 Å². The minimum atomic E-state index is -0.348. The molecule has 3 N–H and O–H groups in total. The quantitative estimate of drug-likeness (QED) is 0.830. The van der Waals surface area contributed by atoms with Gasteiger partial charge in [0.2, 0.25) is 5.91 Å². The third-order valence-corrected chi connectivity index (χ3v) is 3.25. The molecule has 1 amide bonds. The second-order valence-electron chi connectivity index (χ2n) is 4.09. The Kier molecular flexibility index (Phi) is 4.46. The molecule has 0 unspecified atom stereocenters. The third kappa shape index (κ3) is 3.61. The molecule has 2 rings (SSSR count). The van der Waals surface area contributed by atoms with E-state index in [0.29, 0.717) is 16.4 Å². The zero-order chi connectivity index (χ0) is 14.7. The molecular formula is C13H11BrClN3O2. The molecule has 5 nitrogen and oxygen atoms in total. The first-order valence-electron chi connectivity index (χ1n) is 5.66. The van der Waals surface area contributed by atoms with Gasteiger partial charge in [0.15, 0.2) is 0 Å². The number of amides is 1. The van der Waals surface area contributed by atoms with Gasteiger partial charge in [-0.2, -0.15) is 0 Å². The summed E-state index contributed by atoms with van der Waals surface area (Å²) in [4.78, 5) is 23.5. The van der Waals surface area contributed by atoms with E-state index in [1.54, 1.807) is 30.5 Å². The van der Waals surface area contributed by atoms with Crippen LogP contribution in [0.2, 0.25) is 5.02 Å². The van der Waals surface area contributed by atoms with Crippen molar-refractivity contribution in [3.63, 3.8) is 0 Å². The molecule has 0 aliphatic rings. The van der Waals surface area contributed by atoms with Gasteiger partial charge in [-0.25, -0.2) is 0 Å². The van der Waals surface area contributed by atoms with Crippen molar-refractivity contribution in [3.05, 3.63) is 56.4 Å². The maximum absolute atomic E-state index is 11.9. The average molecular weight is 357 g/mol. The van der Waals surface area contributed by atoms with E-state index in [0.717, 1.165) is 4.47 Å². The first kappa shape index (κ1) is 14.6. The zero-order valence-corrected chi connectivity index (χ0v) is 12.6. The predicted molar refractivity (Wildman–Crippen MR) is 82.9 cm³/mol. The van der Waals surface area contributed by atoms with Crippen LogP contribution in [0.15, 0.2) is 45.8 Å². The molecule has 7 heteroatoms. The lowest BCUT2D eigenvalue weighted by Crippen LogP contribution is -2.26. The lowest BCUT2D eigenvalue weighted by molar-refractivity contribution is -0.116. The van der Waals surface area contributed by atoms with Crippen molar-refractivity contribution in [2.24, 2.45) is 0 Å². The van der Waals surface area contributed by atoms with E-state index in [1.807, 2.05) is 0 Å². The Morgan fingerprint density at radius 3 is 2.80 bits per heavy atom. The Morgan fingerprint density at radius 1 is 1.35 bits per heavy atom. The third-order valence-electron chi connectivity index (χ3n) is 2.55. The van der Waals surface area contributed by atoms with E-state index >= 15 is 0 Å². The van der Waals surface area contributed by atoms with Crippen LogP contribution in [-0.2, 0) is 11.3 Å². The van der Waals surface area contributed by atoms with Crippen molar-refractivity contribution >= 4 is 44.8 Å². The van der Waals surface area contributed by atoms with Crippen molar-refractivity contribution in [1.82, 2.24) is 4.57 Å². The molecule has 1 heterocycles. The van der Waals surface area contributed by atoms with Crippen LogP contribution < -0.4 is 16.6 Å². The van der Waals surface area contributed by atoms with Gasteiger partial charge < -0.3 is 15.6 Å². The van der Waals surface area contributed by atoms with Gasteiger partial charge in [-0.15, -0.1) is 0 Å². The molecule has 0 aliphatic heterocycles. The highest BCUT2D eigenvalue weighted by atomic mass is 79.9. The van der Waals surface area contributed by atoms with E-state index in [2.05, 4.69) is 21.2 Å². The molecular weight excluding hydrogens is 346 g/mol. The standard InChI is InChI=1S/C13H11BrClN3O2/c14-8-1-4-13(20)18(6-8)7-12(19)17-11-3-2-9(15)5-10(11)16/h1-6H,7,16H2,(H,17,19). The topological polar surface area (TPSA) is 77.1 Å². The van der Waals surface area contributed by atoms with E-state index < -0.39 is 0 Å². The molecule has 0 saturated heterocycles. The molecule has 0 saturated carbocycles. The first-order chi connectivity index (χ1) is 9.45. The number of pyridine rings is 1. The summed E-state index contributed by atoms with van der Waals surface area (Å²) in [7, 11) is 0. The van der Waals surface area contributed by atoms with Gasteiger partial charge in [0.25, 0.3) is 5.56 Å². The second-order valence-corrected chi connectivity index (χ2v) is 5.45. The van der Waals surface area contributed by atoms with Gasteiger partial charge in [-0.05, 0) is 40.2 Å². The van der Waals surface area contributed by atoms with Crippen LogP contribution in [0.3, 0.4) is 0 Å². The number of nitrogens with one attached hydrogen (secondary N) is 1. The molecule has 0 fully saturated rings. The minimum absolute atomic E-state index is 0.0969. The van der Waals surface area contributed by atoms with Gasteiger partial charge in [0, 0.05) is 21.8 Å². The van der Waals surface area contributed by atoms with Crippen molar-refractivity contribution in [2.75, 3.05) is 11.1 Å². The fraction of sp³-hybridized carbons (Fsp3) is 0.0769. The van der Waals surface area contributed by atoms with Crippen LogP contribution in [0.4, 0.5) is 11.4 Å². The smallest absolute Gasteiger partial charge is 0.251 e. The number of rotatable bonds is 3. The van der Waals surface area contributed by atoms with Crippen LogP contribution in [-0.4, -0.2) is 10.5 Å². The second kappa shape index (κ2) is 6.11. The zero-order valence-electron chi connectivity index (χ0n) is 10.3. The Labute approximate surface area is 128 Å². The fourth-order valence-electron chi connectivity index (χ4n) is 1.62. The molecule has 20 heavy (non-hydrogen) atoms. The molecule has 104 valence electrons. The maximum atomic E-state index is 11.9. The summed E-state index contributed by atoms with van der Waals surface area (Å²) < 4.78 is 2.02. The Bertz CT molecular complexity index is 715. The summed E-state index contributed by atoms with van der Waals surface area (Å²) in [5.74, 6) is -0.348. The number of aromatic nitrogens is 1. The number of nitrogens with two attached hydrogens (primary N) is 1. The monoisotopic (exact) mass is 355 g/mol. The van der Waals surface area contributed by atoms with Crippen molar-refractivity contribution in [1.29, 1.82) is 0 Å². The molecule has 1 aromatic carbocycles. The number of nitrogen functional groups attached to an aromatic ring is 1. The SMILES string of the molecule is Nc1cc(Cl)ccc1NC(=O)Cn1cc(Br)ccc1=O. The fourth-order valence-corrected chi connectivity index (χ4v) is 2.18. The summed E-state index contributed by atoms with van der Waals surface area (Å²) in [6.45, 7) is -0.0969. The molecule has 0 bridgehead atoms. The van der Waals surface area contributed by atoms with E-state index in [1.165, 1.54) is 10.6 Å². The number of hydrogen-bond donors (Lipinski definition) is 2. The average Bonchev–Trinajstić information content (AvgIpc) is 2.37. The summed E-state index contributed by atoms with van der Waals surface area (Å²) in [6.07, 6.45) is 1.55. The Morgan fingerprint density at radius 2 is 2.10 bits per heavy atom. The lowest BCUT2D eigenvalue weighted by atomic mass is 10.2. The van der Waals surface area contributed by atoms with Crippen molar-refractivity contribution in [2.45, 2.75) is 6.54 Å². The number of halogens is 2. The van der Waals surface area contributed by atoms with E-state index in [-0.39, 0.29) is 18.0 Å². The molecule has 0 radical (unpaired) electrons. The summed E-state index contributed by atoms with van der Waals surface area (Å²) >= 11 is 9.02. The van der Waals surface area contributed by atoms with Gasteiger partial charge in [-0.1, -0.05) is 11.6 Å². The molecule has 0 aliphatic carbocycles. The lowest BCUT2D eigenvalue weighted by Gasteiger charge is -2.10. The molecule has 1 aromatic heterocycles. The predicted octanol–water partition coefficient (Wildman–Crippen LogP) is 2.49. The largest absolute Gasteiger partial charge is 0.397 e. The van der Waals surface area contributed by atoms with Crippen LogP contribution in [0.25, 0.3) is 0 Å². The van der Waals surface area contributed by atoms with Crippen LogP contribution in [0, 0.1) is 0 Å². The van der Waals surface area contributed by atoms with Crippen LogP contribution >= 0.6 is 27.5 Å². The highest BCUT2D eigenvalue weighted by molar-refractivity contribution is 9.10.